The Hall–Kier alpha value is -3.30. The third-order valence-corrected chi connectivity index (χ3v) is 5.31. The molecular weight excluding hydrogens is 382 g/mol. The quantitative estimate of drug-likeness (QED) is 0.558. The molecule has 4 amide bonds. The summed E-state index contributed by atoms with van der Waals surface area (Å²) in [5, 5.41) is 5.31. The lowest BCUT2D eigenvalue weighted by molar-refractivity contribution is -0.155. The topological polar surface area (TPSA) is 123 Å². The van der Waals surface area contributed by atoms with Crippen LogP contribution < -0.4 is 20.1 Å². The van der Waals surface area contributed by atoms with Crippen LogP contribution >= 0.6 is 0 Å². The highest BCUT2D eigenvalue weighted by atomic mass is 16.7. The van der Waals surface area contributed by atoms with Crippen molar-refractivity contribution in [3.05, 3.63) is 18.2 Å². The maximum absolute atomic E-state index is 12.6. The van der Waals surface area contributed by atoms with Crippen molar-refractivity contribution in [2.24, 2.45) is 0 Å². The van der Waals surface area contributed by atoms with Gasteiger partial charge in [0.1, 0.15) is 12.1 Å². The van der Waals surface area contributed by atoms with E-state index in [0.29, 0.717) is 30.0 Å². The second kappa shape index (κ2) is 7.26. The fourth-order valence-electron chi connectivity index (χ4n) is 3.77. The molecule has 0 unspecified atom stereocenters. The van der Waals surface area contributed by atoms with Crippen LogP contribution in [0.1, 0.15) is 32.6 Å². The molecule has 2 aliphatic heterocycles. The first-order valence-corrected chi connectivity index (χ1v) is 9.42. The SMILES string of the molecule is C[C@@H](OC(=O)CN1C(=O)NC2(CCCC2)C1=O)C(=O)Nc1ccc2c(c1)OCO2. The first kappa shape index (κ1) is 19.0. The van der Waals surface area contributed by atoms with Gasteiger partial charge in [-0.3, -0.25) is 19.3 Å². The molecule has 154 valence electrons. The number of carbonyl (C=O) groups is 4. The lowest BCUT2D eigenvalue weighted by Crippen LogP contribution is -2.44. The standard InChI is InChI=1S/C19H21N3O7/c1-11(16(24)20-12-4-5-13-14(8-12)28-10-27-13)29-15(23)9-22-17(25)19(21-18(22)26)6-2-3-7-19/h4-5,8,11H,2-3,6-7,9-10H2,1H3,(H,20,24)(H,21,26)/t11-/m1/s1. The summed E-state index contributed by atoms with van der Waals surface area (Å²) in [5.41, 5.74) is -0.431. The fraction of sp³-hybridized carbons (Fsp3) is 0.474. The number of nitrogens with zero attached hydrogens (tertiary/aromatic N) is 1. The van der Waals surface area contributed by atoms with Crippen LogP contribution in [0.15, 0.2) is 18.2 Å². The molecule has 2 fully saturated rings. The van der Waals surface area contributed by atoms with E-state index in [0.717, 1.165) is 17.7 Å². The van der Waals surface area contributed by atoms with Gasteiger partial charge in [-0.2, -0.15) is 0 Å². The van der Waals surface area contributed by atoms with Gasteiger partial charge in [0.2, 0.25) is 6.79 Å². The number of esters is 1. The monoisotopic (exact) mass is 403 g/mol. The Balaban J connectivity index is 1.31. The molecular formula is C19H21N3O7. The van der Waals surface area contributed by atoms with E-state index in [1.165, 1.54) is 6.92 Å². The average molecular weight is 403 g/mol. The predicted octanol–water partition coefficient (Wildman–Crippen LogP) is 1.15. The van der Waals surface area contributed by atoms with Gasteiger partial charge in [-0.25, -0.2) is 4.79 Å². The van der Waals surface area contributed by atoms with E-state index < -0.39 is 42.0 Å². The van der Waals surface area contributed by atoms with E-state index in [4.69, 9.17) is 14.2 Å². The first-order valence-electron chi connectivity index (χ1n) is 9.42. The Morgan fingerprint density at radius 1 is 1.24 bits per heavy atom. The fourth-order valence-corrected chi connectivity index (χ4v) is 3.77. The van der Waals surface area contributed by atoms with Crippen molar-refractivity contribution in [2.45, 2.75) is 44.2 Å². The number of ether oxygens (including phenoxy) is 3. The number of hydrogen-bond donors (Lipinski definition) is 2. The predicted molar refractivity (Wildman–Crippen MR) is 98.2 cm³/mol. The molecule has 1 spiro atoms. The van der Waals surface area contributed by atoms with Gasteiger partial charge in [0.25, 0.3) is 11.8 Å². The van der Waals surface area contributed by atoms with Crippen molar-refractivity contribution in [1.29, 1.82) is 0 Å². The number of fused-ring (bicyclic) bond motifs is 1. The van der Waals surface area contributed by atoms with Crippen LogP contribution in [-0.2, 0) is 19.1 Å². The number of amides is 4. The molecule has 10 nitrogen and oxygen atoms in total. The summed E-state index contributed by atoms with van der Waals surface area (Å²) in [6.45, 7) is 0.990. The minimum Gasteiger partial charge on any atom is -0.454 e. The average Bonchev–Trinajstić information content (AvgIpc) is 3.39. The molecule has 10 heteroatoms. The molecule has 0 aromatic heterocycles. The molecule has 1 aromatic rings. The van der Waals surface area contributed by atoms with Gasteiger partial charge < -0.3 is 24.8 Å². The zero-order valence-electron chi connectivity index (χ0n) is 15.9. The number of anilines is 1. The highest BCUT2D eigenvalue weighted by molar-refractivity contribution is 6.09. The third-order valence-electron chi connectivity index (χ3n) is 5.31. The highest BCUT2D eigenvalue weighted by Gasteiger charge is 2.52. The summed E-state index contributed by atoms with van der Waals surface area (Å²) < 4.78 is 15.6. The summed E-state index contributed by atoms with van der Waals surface area (Å²) in [6, 6.07) is 4.29. The summed E-state index contributed by atoms with van der Waals surface area (Å²) in [5.74, 6) is -0.712. The number of benzene rings is 1. The van der Waals surface area contributed by atoms with Gasteiger partial charge in [-0.05, 0) is 31.9 Å². The van der Waals surface area contributed by atoms with Gasteiger partial charge in [0, 0.05) is 11.8 Å². The van der Waals surface area contributed by atoms with Crippen LogP contribution in [0.5, 0.6) is 11.5 Å². The summed E-state index contributed by atoms with van der Waals surface area (Å²) >= 11 is 0. The molecule has 1 saturated carbocycles. The van der Waals surface area contributed by atoms with Crippen LogP contribution in [0.4, 0.5) is 10.5 Å². The van der Waals surface area contributed by atoms with E-state index in [9.17, 15) is 19.2 Å². The number of imide groups is 1. The van der Waals surface area contributed by atoms with Gasteiger partial charge >= 0.3 is 12.0 Å². The Morgan fingerprint density at radius 2 is 1.97 bits per heavy atom. The van der Waals surface area contributed by atoms with E-state index in [1.54, 1.807) is 18.2 Å². The lowest BCUT2D eigenvalue weighted by atomic mass is 9.98. The summed E-state index contributed by atoms with van der Waals surface area (Å²) in [4.78, 5) is 50.0. The molecule has 3 aliphatic rings. The highest BCUT2D eigenvalue weighted by Crippen LogP contribution is 2.35. The Morgan fingerprint density at radius 3 is 2.72 bits per heavy atom. The molecule has 4 rings (SSSR count). The molecule has 0 radical (unpaired) electrons. The van der Waals surface area contributed by atoms with Gasteiger partial charge in [0.15, 0.2) is 17.6 Å². The Bertz CT molecular complexity index is 879. The Labute approximate surface area is 166 Å². The molecule has 2 N–H and O–H groups in total. The van der Waals surface area contributed by atoms with Crippen LogP contribution in [0.2, 0.25) is 0 Å². The number of nitrogens with one attached hydrogen (secondary N) is 2. The maximum Gasteiger partial charge on any atom is 0.327 e. The van der Waals surface area contributed by atoms with E-state index in [2.05, 4.69) is 10.6 Å². The number of urea groups is 1. The number of carbonyl (C=O) groups excluding carboxylic acids is 4. The third kappa shape index (κ3) is 3.57. The van der Waals surface area contributed by atoms with Crippen LogP contribution in [0.3, 0.4) is 0 Å². The zero-order valence-corrected chi connectivity index (χ0v) is 15.9. The second-order valence-corrected chi connectivity index (χ2v) is 7.30. The van der Waals surface area contributed by atoms with Crippen molar-refractivity contribution in [3.8, 4) is 11.5 Å². The normalized spacial score (nSPS) is 20.0. The summed E-state index contributed by atoms with van der Waals surface area (Å²) in [6.07, 6.45) is 1.71. The van der Waals surface area contributed by atoms with Gasteiger partial charge in [-0.1, -0.05) is 12.8 Å². The van der Waals surface area contributed by atoms with Crippen molar-refractivity contribution in [2.75, 3.05) is 18.7 Å². The molecule has 0 bridgehead atoms. The van der Waals surface area contributed by atoms with Crippen LogP contribution in [0, 0.1) is 0 Å². The smallest absolute Gasteiger partial charge is 0.327 e. The molecule has 1 saturated heterocycles. The van der Waals surface area contributed by atoms with E-state index >= 15 is 0 Å². The molecule has 1 aromatic carbocycles. The molecule has 1 atom stereocenters. The first-order chi connectivity index (χ1) is 13.9. The molecule has 29 heavy (non-hydrogen) atoms. The largest absolute Gasteiger partial charge is 0.454 e. The zero-order chi connectivity index (χ0) is 20.6. The molecule has 1 aliphatic carbocycles. The number of rotatable bonds is 5. The van der Waals surface area contributed by atoms with E-state index in [-0.39, 0.29) is 6.79 Å². The van der Waals surface area contributed by atoms with Crippen LogP contribution in [0.25, 0.3) is 0 Å². The second-order valence-electron chi connectivity index (χ2n) is 7.30. The number of hydrogen-bond acceptors (Lipinski definition) is 7. The summed E-state index contributed by atoms with van der Waals surface area (Å²) in [7, 11) is 0. The van der Waals surface area contributed by atoms with Gasteiger partial charge in [-0.15, -0.1) is 0 Å². The minimum absolute atomic E-state index is 0.116. The van der Waals surface area contributed by atoms with Crippen molar-refractivity contribution in [3.63, 3.8) is 0 Å². The van der Waals surface area contributed by atoms with E-state index in [1.807, 2.05) is 0 Å². The van der Waals surface area contributed by atoms with Crippen molar-refractivity contribution >= 4 is 29.5 Å². The lowest BCUT2D eigenvalue weighted by Gasteiger charge is -2.20. The Kier molecular flexibility index (Phi) is 4.77. The van der Waals surface area contributed by atoms with Gasteiger partial charge in [0.05, 0.1) is 0 Å². The molecule has 2 heterocycles. The maximum atomic E-state index is 12.6. The van der Waals surface area contributed by atoms with Crippen molar-refractivity contribution in [1.82, 2.24) is 10.2 Å². The van der Waals surface area contributed by atoms with Crippen molar-refractivity contribution < 1.29 is 33.4 Å². The van der Waals surface area contributed by atoms with Crippen LogP contribution in [-0.4, -0.2) is 53.7 Å². The minimum atomic E-state index is -1.12.